The molecule has 0 radical (unpaired) electrons. The predicted octanol–water partition coefficient (Wildman–Crippen LogP) is 3.32. The summed E-state index contributed by atoms with van der Waals surface area (Å²) in [6, 6.07) is 7.31. The zero-order chi connectivity index (χ0) is 13.7. The summed E-state index contributed by atoms with van der Waals surface area (Å²) in [6.07, 6.45) is 0. The quantitative estimate of drug-likeness (QED) is 0.490. The molecular formula is C11H3ClFIN4. The minimum absolute atomic E-state index is 0.0518. The van der Waals surface area contributed by atoms with Crippen molar-refractivity contribution < 1.29 is 4.39 Å². The summed E-state index contributed by atoms with van der Waals surface area (Å²) < 4.78 is 13.5. The molecule has 0 saturated carbocycles. The van der Waals surface area contributed by atoms with Gasteiger partial charge in [0, 0.05) is 0 Å². The Morgan fingerprint density at radius 1 is 1.22 bits per heavy atom. The van der Waals surface area contributed by atoms with Crippen molar-refractivity contribution >= 4 is 39.9 Å². The SMILES string of the molecule is N#CC(C#N)=C(C#N)Nc1cc(I)c(F)cc1Cl. The van der Waals surface area contributed by atoms with Crippen molar-refractivity contribution in [1.82, 2.24) is 0 Å². The Balaban J connectivity index is 3.26. The van der Waals surface area contributed by atoms with E-state index in [4.69, 9.17) is 27.4 Å². The molecule has 0 aromatic heterocycles. The lowest BCUT2D eigenvalue weighted by Gasteiger charge is -2.08. The summed E-state index contributed by atoms with van der Waals surface area (Å²) in [5.41, 5.74) is -0.348. The van der Waals surface area contributed by atoms with Gasteiger partial charge in [-0.25, -0.2) is 4.39 Å². The van der Waals surface area contributed by atoms with Gasteiger partial charge in [-0.05, 0) is 34.7 Å². The van der Waals surface area contributed by atoms with E-state index in [-0.39, 0.29) is 22.0 Å². The highest BCUT2D eigenvalue weighted by atomic mass is 127. The first-order valence-electron chi connectivity index (χ1n) is 4.39. The molecule has 0 aliphatic heterocycles. The second kappa shape index (κ2) is 6.20. The number of anilines is 1. The average Bonchev–Trinajstić information content (AvgIpc) is 2.35. The second-order valence-electron chi connectivity index (χ2n) is 2.96. The topological polar surface area (TPSA) is 83.4 Å². The van der Waals surface area contributed by atoms with E-state index in [0.717, 1.165) is 6.07 Å². The Labute approximate surface area is 121 Å². The highest BCUT2D eigenvalue weighted by Gasteiger charge is 2.11. The van der Waals surface area contributed by atoms with Gasteiger partial charge in [0.05, 0.1) is 14.3 Å². The van der Waals surface area contributed by atoms with Crippen LogP contribution in [0, 0.1) is 43.4 Å². The molecule has 0 atom stereocenters. The smallest absolute Gasteiger partial charge is 0.163 e. The fraction of sp³-hybridized carbons (Fsp3) is 0. The van der Waals surface area contributed by atoms with Gasteiger partial charge in [0.1, 0.15) is 29.7 Å². The summed E-state index contributed by atoms with van der Waals surface area (Å²) in [6.45, 7) is 0. The third-order valence-corrected chi connectivity index (χ3v) is 2.99. The van der Waals surface area contributed by atoms with Gasteiger partial charge < -0.3 is 5.32 Å². The van der Waals surface area contributed by atoms with Crippen molar-refractivity contribution in [1.29, 1.82) is 15.8 Å². The molecular weight excluding hydrogens is 370 g/mol. The monoisotopic (exact) mass is 372 g/mol. The number of allylic oxidation sites excluding steroid dienone is 2. The molecule has 7 heteroatoms. The van der Waals surface area contributed by atoms with Crippen LogP contribution in [0.5, 0.6) is 0 Å². The Bertz CT molecular complexity index is 633. The van der Waals surface area contributed by atoms with E-state index in [9.17, 15) is 4.39 Å². The van der Waals surface area contributed by atoms with Crippen LogP contribution < -0.4 is 5.32 Å². The zero-order valence-corrected chi connectivity index (χ0v) is 11.5. The number of nitrogens with one attached hydrogen (secondary N) is 1. The van der Waals surface area contributed by atoms with Crippen LogP contribution in [-0.4, -0.2) is 0 Å². The van der Waals surface area contributed by atoms with Crippen LogP contribution in [0.3, 0.4) is 0 Å². The molecule has 0 fully saturated rings. The number of nitriles is 3. The fourth-order valence-corrected chi connectivity index (χ4v) is 1.70. The third kappa shape index (κ3) is 3.10. The van der Waals surface area contributed by atoms with Gasteiger partial charge in [-0.3, -0.25) is 0 Å². The van der Waals surface area contributed by atoms with Gasteiger partial charge in [-0.2, -0.15) is 15.8 Å². The molecule has 1 aromatic carbocycles. The molecule has 1 N–H and O–H groups in total. The normalized spacial score (nSPS) is 8.67. The Morgan fingerprint density at radius 2 is 1.83 bits per heavy atom. The zero-order valence-electron chi connectivity index (χ0n) is 8.63. The largest absolute Gasteiger partial charge is 0.344 e. The molecule has 1 rings (SSSR count). The highest BCUT2D eigenvalue weighted by Crippen LogP contribution is 2.27. The van der Waals surface area contributed by atoms with E-state index in [1.807, 2.05) is 0 Å². The van der Waals surface area contributed by atoms with E-state index >= 15 is 0 Å². The number of hydrogen-bond acceptors (Lipinski definition) is 4. The molecule has 0 aliphatic rings. The first-order valence-corrected chi connectivity index (χ1v) is 5.85. The Kier molecular flexibility index (Phi) is 4.91. The number of rotatable bonds is 2. The maximum atomic E-state index is 13.2. The molecule has 0 aliphatic carbocycles. The van der Waals surface area contributed by atoms with Gasteiger partial charge >= 0.3 is 0 Å². The van der Waals surface area contributed by atoms with Gasteiger partial charge in [-0.1, -0.05) is 11.6 Å². The lowest BCUT2D eigenvalue weighted by atomic mass is 10.2. The van der Waals surface area contributed by atoms with Crippen molar-refractivity contribution in [3.8, 4) is 18.2 Å². The van der Waals surface area contributed by atoms with E-state index in [0.29, 0.717) is 3.57 Å². The molecule has 88 valence electrons. The van der Waals surface area contributed by atoms with Crippen LogP contribution in [0.15, 0.2) is 23.4 Å². The summed E-state index contributed by atoms with van der Waals surface area (Å²) in [7, 11) is 0. The van der Waals surface area contributed by atoms with E-state index < -0.39 is 5.82 Å². The summed E-state index contributed by atoms with van der Waals surface area (Å²) in [4.78, 5) is 0. The molecule has 0 saturated heterocycles. The van der Waals surface area contributed by atoms with Crippen molar-refractivity contribution in [3.63, 3.8) is 0 Å². The van der Waals surface area contributed by atoms with Crippen LogP contribution in [0.1, 0.15) is 0 Å². The van der Waals surface area contributed by atoms with Gasteiger partial charge in [0.2, 0.25) is 0 Å². The maximum absolute atomic E-state index is 13.2. The molecule has 1 aromatic rings. The number of benzene rings is 1. The number of nitrogens with zero attached hydrogens (tertiary/aromatic N) is 3. The summed E-state index contributed by atoms with van der Waals surface area (Å²) in [5, 5.41) is 28.7. The molecule has 0 spiro atoms. The van der Waals surface area contributed by atoms with Crippen LogP contribution in [0.25, 0.3) is 0 Å². The van der Waals surface area contributed by atoms with Crippen LogP contribution in [0.2, 0.25) is 5.02 Å². The van der Waals surface area contributed by atoms with E-state index in [2.05, 4.69) is 5.32 Å². The Hall–Kier alpha value is -1.82. The highest BCUT2D eigenvalue weighted by molar-refractivity contribution is 14.1. The molecule has 0 unspecified atom stereocenters. The minimum Gasteiger partial charge on any atom is -0.344 e. The lowest BCUT2D eigenvalue weighted by Crippen LogP contribution is -2.02. The fourth-order valence-electron chi connectivity index (χ4n) is 1.04. The standard InChI is InChI=1S/C11H3ClFIN4/c12-7-1-8(13)9(14)2-10(7)18-11(5-17)6(3-15)4-16/h1-2,18H. The molecule has 0 amide bonds. The van der Waals surface area contributed by atoms with Crippen molar-refractivity contribution in [2.75, 3.05) is 5.32 Å². The van der Waals surface area contributed by atoms with Gasteiger partial charge in [-0.15, -0.1) is 0 Å². The second-order valence-corrected chi connectivity index (χ2v) is 4.53. The van der Waals surface area contributed by atoms with E-state index in [1.54, 1.807) is 40.8 Å². The number of halogens is 3. The van der Waals surface area contributed by atoms with Crippen LogP contribution in [-0.2, 0) is 0 Å². The minimum atomic E-state index is -0.491. The van der Waals surface area contributed by atoms with Crippen molar-refractivity contribution in [3.05, 3.63) is 37.8 Å². The van der Waals surface area contributed by atoms with Crippen molar-refractivity contribution in [2.24, 2.45) is 0 Å². The molecule has 18 heavy (non-hydrogen) atoms. The summed E-state index contributed by atoms with van der Waals surface area (Å²) >= 11 is 7.55. The third-order valence-electron chi connectivity index (χ3n) is 1.86. The lowest BCUT2D eigenvalue weighted by molar-refractivity contribution is 0.620. The molecule has 0 bridgehead atoms. The van der Waals surface area contributed by atoms with Gasteiger partial charge in [0.25, 0.3) is 0 Å². The first-order chi connectivity index (χ1) is 8.53. The van der Waals surface area contributed by atoms with Gasteiger partial charge in [0.15, 0.2) is 5.57 Å². The van der Waals surface area contributed by atoms with E-state index in [1.165, 1.54) is 6.07 Å². The number of hydrogen-bond donors (Lipinski definition) is 1. The maximum Gasteiger partial charge on any atom is 0.163 e. The van der Waals surface area contributed by atoms with Crippen LogP contribution >= 0.6 is 34.2 Å². The first kappa shape index (κ1) is 14.2. The Morgan fingerprint density at radius 3 is 2.33 bits per heavy atom. The van der Waals surface area contributed by atoms with Crippen molar-refractivity contribution in [2.45, 2.75) is 0 Å². The summed E-state index contributed by atoms with van der Waals surface area (Å²) in [5.74, 6) is -0.491. The predicted molar refractivity (Wildman–Crippen MR) is 71.6 cm³/mol. The molecule has 0 heterocycles. The van der Waals surface area contributed by atoms with Crippen LogP contribution in [0.4, 0.5) is 10.1 Å². The average molecular weight is 373 g/mol. The molecule has 4 nitrogen and oxygen atoms in total.